The molecule has 5 heteroatoms. The first-order chi connectivity index (χ1) is 31.7. The Hall–Kier alpha value is -7.99. The molecule has 4 aromatic heterocycles. The number of hydrogen-bond acceptors (Lipinski definition) is 5. The smallest absolute Gasteiger partial charge is 0.0900 e. The van der Waals surface area contributed by atoms with Crippen LogP contribution in [0.5, 0.6) is 0 Å². The van der Waals surface area contributed by atoms with Crippen LogP contribution in [-0.4, -0.2) is 19.9 Å². The molecule has 0 N–H and O–H groups in total. The van der Waals surface area contributed by atoms with Gasteiger partial charge in [0.05, 0.1) is 39.4 Å². The third kappa shape index (κ3) is 5.57. The number of fused-ring (bicyclic) bond motifs is 13. The van der Waals surface area contributed by atoms with Gasteiger partial charge in [0, 0.05) is 43.9 Å². The Labute approximate surface area is 375 Å². The first-order valence-electron chi connectivity index (χ1n) is 21.6. The van der Waals surface area contributed by atoms with Gasteiger partial charge in [-0.15, -0.1) is 0 Å². The topological polar surface area (TPSA) is 51.6 Å². The Morgan fingerprint density at radius 2 is 0.938 bits per heavy atom. The molecule has 0 bridgehead atoms. The number of pyridine rings is 4. The summed E-state index contributed by atoms with van der Waals surface area (Å²) in [6, 6.07) is 74.3. The molecule has 5 heterocycles. The molecule has 0 saturated heterocycles. The largest absolute Gasteiger partial charge is 0.255 e. The molecule has 11 aromatic rings. The third-order valence-electron chi connectivity index (χ3n) is 13.1. The predicted molar refractivity (Wildman–Crippen MR) is 261 cm³/mol. The van der Waals surface area contributed by atoms with E-state index in [0.717, 1.165) is 61.6 Å². The summed E-state index contributed by atoms with van der Waals surface area (Å²) in [6.45, 7) is 0. The molecule has 1 aliphatic carbocycles. The van der Waals surface area contributed by atoms with Crippen molar-refractivity contribution in [1.29, 1.82) is 0 Å². The maximum absolute atomic E-state index is 5.33. The van der Waals surface area contributed by atoms with Crippen LogP contribution in [0.1, 0.15) is 22.3 Å². The van der Waals surface area contributed by atoms with Gasteiger partial charge in [0.2, 0.25) is 0 Å². The molecule has 4 nitrogen and oxygen atoms in total. The Bertz CT molecular complexity index is 3520. The molecule has 1 spiro atoms. The van der Waals surface area contributed by atoms with E-state index in [9.17, 15) is 0 Å². The molecule has 7 aromatic carbocycles. The highest BCUT2D eigenvalue weighted by molar-refractivity contribution is 7.99. The van der Waals surface area contributed by atoms with Gasteiger partial charge in [-0.25, -0.2) is 9.97 Å². The zero-order chi connectivity index (χ0) is 42.2. The van der Waals surface area contributed by atoms with E-state index in [4.69, 9.17) is 9.97 Å². The summed E-state index contributed by atoms with van der Waals surface area (Å²) >= 11 is 1.90. The van der Waals surface area contributed by atoms with Crippen molar-refractivity contribution in [2.45, 2.75) is 15.2 Å². The lowest BCUT2D eigenvalue weighted by Gasteiger charge is -2.40. The molecule has 0 radical (unpaired) electrons. The SMILES string of the molecule is c1ccc(-c2nc3ccccc3c3c4c(ccc23)C2(c3ccc(-c5ccc(-c6cc(-c7ccccn7)nc(-c7ccccn7)c6)cc5)cc3S4)c3ccccc3-c3ccccc32)cc1. The van der Waals surface area contributed by atoms with Crippen LogP contribution in [0.15, 0.2) is 228 Å². The second kappa shape index (κ2) is 14.6. The molecule has 0 atom stereocenters. The maximum Gasteiger partial charge on any atom is 0.0900 e. The number of nitrogens with zero attached hydrogens (tertiary/aromatic N) is 4. The second-order valence-electron chi connectivity index (χ2n) is 16.5. The lowest BCUT2D eigenvalue weighted by atomic mass is 9.66. The lowest BCUT2D eigenvalue weighted by Crippen LogP contribution is -2.32. The highest BCUT2D eigenvalue weighted by Gasteiger charge is 2.50. The van der Waals surface area contributed by atoms with Crippen LogP contribution in [0.2, 0.25) is 0 Å². The molecule has 13 rings (SSSR count). The summed E-state index contributed by atoms with van der Waals surface area (Å²) in [6.07, 6.45) is 3.62. The first kappa shape index (κ1) is 36.6. The zero-order valence-corrected chi connectivity index (χ0v) is 35.3. The summed E-state index contributed by atoms with van der Waals surface area (Å²) < 4.78 is 0. The maximum atomic E-state index is 5.33. The van der Waals surface area contributed by atoms with Crippen molar-refractivity contribution in [3.63, 3.8) is 0 Å². The number of para-hydroxylation sites is 1. The van der Waals surface area contributed by atoms with Crippen LogP contribution in [-0.2, 0) is 5.41 Å². The zero-order valence-electron chi connectivity index (χ0n) is 34.5. The quantitative estimate of drug-likeness (QED) is 0.162. The van der Waals surface area contributed by atoms with Crippen molar-refractivity contribution in [2.75, 3.05) is 0 Å². The first-order valence-corrected chi connectivity index (χ1v) is 22.4. The van der Waals surface area contributed by atoms with Crippen molar-refractivity contribution in [3.05, 3.63) is 241 Å². The van der Waals surface area contributed by atoms with Crippen LogP contribution < -0.4 is 0 Å². The molecule has 2 aliphatic rings. The molecule has 0 unspecified atom stereocenters. The van der Waals surface area contributed by atoms with E-state index in [0.29, 0.717) is 0 Å². The third-order valence-corrected chi connectivity index (χ3v) is 14.2. The van der Waals surface area contributed by atoms with Gasteiger partial charge in [-0.05, 0) is 104 Å². The molecule has 64 heavy (non-hydrogen) atoms. The summed E-state index contributed by atoms with van der Waals surface area (Å²) in [5.41, 5.74) is 18.2. The molecule has 1 aliphatic heterocycles. The Balaban J connectivity index is 1.00. The number of hydrogen-bond donors (Lipinski definition) is 0. The fourth-order valence-electron chi connectivity index (χ4n) is 10.2. The van der Waals surface area contributed by atoms with Crippen molar-refractivity contribution < 1.29 is 0 Å². The minimum absolute atomic E-state index is 0.519. The summed E-state index contributed by atoms with van der Waals surface area (Å²) in [5.74, 6) is 0. The van der Waals surface area contributed by atoms with E-state index in [1.54, 1.807) is 0 Å². The Morgan fingerprint density at radius 3 is 1.61 bits per heavy atom. The Kier molecular flexibility index (Phi) is 8.33. The van der Waals surface area contributed by atoms with Gasteiger partial charge in [-0.1, -0.05) is 169 Å². The van der Waals surface area contributed by atoms with Gasteiger partial charge in [0.15, 0.2) is 0 Å². The van der Waals surface area contributed by atoms with E-state index in [1.165, 1.54) is 59.5 Å². The van der Waals surface area contributed by atoms with Gasteiger partial charge < -0.3 is 0 Å². The van der Waals surface area contributed by atoms with Gasteiger partial charge in [-0.3, -0.25) is 9.97 Å². The lowest BCUT2D eigenvalue weighted by molar-refractivity contribution is 0.726. The van der Waals surface area contributed by atoms with Gasteiger partial charge in [0.1, 0.15) is 0 Å². The molecule has 0 saturated carbocycles. The molecular weight excluding hydrogens is 797 g/mol. The van der Waals surface area contributed by atoms with E-state index in [2.05, 4.69) is 180 Å². The number of rotatable bonds is 5. The van der Waals surface area contributed by atoms with Crippen LogP contribution in [0, 0.1) is 0 Å². The average Bonchev–Trinajstić information content (AvgIpc) is 3.67. The summed E-state index contributed by atoms with van der Waals surface area (Å²) in [4.78, 5) is 22.1. The fourth-order valence-corrected chi connectivity index (χ4v) is 11.6. The molecule has 0 fully saturated rings. The standard InChI is InChI=1S/C59H36N4S/c1-2-14-39(15-3-1)57-45-29-31-49-58(56(45)44-18-6-9-21-50(44)63-57)64-55-36-40(28-30-48(55)59(49)46-19-7-4-16-42(46)43-17-5-8-20-47(43)59)37-24-26-38(27-25-37)41-34-53(51-22-10-12-32-60-51)62-54(35-41)52-23-11-13-33-61-52/h1-36H. The van der Waals surface area contributed by atoms with E-state index >= 15 is 0 Å². The van der Waals surface area contributed by atoms with Gasteiger partial charge >= 0.3 is 0 Å². The normalized spacial score (nSPS) is 13.1. The number of aromatic nitrogens is 4. The van der Waals surface area contributed by atoms with Crippen LogP contribution in [0.3, 0.4) is 0 Å². The minimum atomic E-state index is -0.519. The van der Waals surface area contributed by atoms with Gasteiger partial charge in [-0.2, -0.15) is 0 Å². The van der Waals surface area contributed by atoms with E-state index in [1.807, 2.05) is 60.6 Å². The monoisotopic (exact) mass is 832 g/mol. The second-order valence-corrected chi connectivity index (χ2v) is 17.5. The van der Waals surface area contributed by atoms with Crippen molar-refractivity contribution in [2.24, 2.45) is 0 Å². The fraction of sp³-hybridized carbons (Fsp3) is 0.0169. The average molecular weight is 833 g/mol. The van der Waals surface area contributed by atoms with Crippen molar-refractivity contribution in [1.82, 2.24) is 19.9 Å². The Morgan fingerprint density at radius 1 is 0.359 bits per heavy atom. The predicted octanol–water partition coefficient (Wildman–Crippen LogP) is 14.7. The minimum Gasteiger partial charge on any atom is -0.255 e. The van der Waals surface area contributed by atoms with E-state index in [-0.39, 0.29) is 0 Å². The van der Waals surface area contributed by atoms with Crippen LogP contribution in [0.25, 0.3) is 89.1 Å². The van der Waals surface area contributed by atoms with Crippen LogP contribution >= 0.6 is 11.8 Å². The van der Waals surface area contributed by atoms with E-state index < -0.39 is 5.41 Å². The summed E-state index contributed by atoms with van der Waals surface area (Å²) in [7, 11) is 0. The van der Waals surface area contributed by atoms with Crippen molar-refractivity contribution in [3.8, 4) is 67.4 Å². The number of benzene rings is 7. The molecular formula is C59H36N4S. The van der Waals surface area contributed by atoms with Gasteiger partial charge in [0.25, 0.3) is 0 Å². The highest BCUT2D eigenvalue weighted by Crippen LogP contribution is 2.63. The van der Waals surface area contributed by atoms with Crippen LogP contribution in [0.4, 0.5) is 0 Å². The molecule has 0 amide bonds. The summed E-state index contributed by atoms with van der Waals surface area (Å²) in [5, 5.41) is 3.58. The van der Waals surface area contributed by atoms with Crippen molar-refractivity contribution >= 4 is 33.4 Å². The molecule has 298 valence electrons. The highest BCUT2D eigenvalue weighted by atomic mass is 32.2.